The molecular weight excluding hydrogens is 232 g/mol. The first kappa shape index (κ1) is 13.5. The molecule has 1 aliphatic rings. The van der Waals surface area contributed by atoms with Crippen LogP contribution in [0.5, 0.6) is 0 Å². The molecule has 0 saturated heterocycles. The van der Waals surface area contributed by atoms with Crippen LogP contribution in [0.25, 0.3) is 0 Å². The highest BCUT2D eigenvalue weighted by Gasteiger charge is 2.18. The van der Waals surface area contributed by atoms with Crippen molar-refractivity contribution in [3.63, 3.8) is 0 Å². The lowest BCUT2D eigenvalue weighted by atomic mass is 9.87. The largest absolute Gasteiger partial charge is 0.394 e. The summed E-state index contributed by atoms with van der Waals surface area (Å²) in [6.07, 6.45) is 5.84. The second-order valence-corrected chi connectivity index (χ2v) is 5.00. The van der Waals surface area contributed by atoms with Crippen LogP contribution in [0.3, 0.4) is 0 Å². The highest BCUT2D eigenvalue weighted by Crippen LogP contribution is 2.23. The zero-order valence-electron chi connectivity index (χ0n) is 10.6. The minimum Gasteiger partial charge on any atom is -0.394 e. The lowest BCUT2D eigenvalue weighted by molar-refractivity contribution is 0.108. The number of hydrogen-bond donors (Lipinski definition) is 3. The van der Waals surface area contributed by atoms with Crippen molar-refractivity contribution in [3.8, 4) is 0 Å². The van der Waals surface area contributed by atoms with Gasteiger partial charge in [0, 0.05) is 12.7 Å². The smallest absolute Gasteiger partial charge is 0.0964 e. The van der Waals surface area contributed by atoms with Crippen molar-refractivity contribution >= 4 is 0 Å². The Bertz CT molecular complexity index is 348. The van der Waals surface area contributed by atoms with Gasteiger partial charge >= 0.3 is 0 Å². The molecule has 6 nitrogen and oxygen atoms in total. The molecule has 0 spiro atoms. The number of aliphatic hydroxyl groups excluding tert-OH is 2. The zero-order valence-corrected chi connectivity index (χ0v) is 10.6. The van der Waals surface area contributed by atoms with E-state index in [2.05, 4.69) is 15.6 Å². The summed E-state index contributed by atoms with van der Waals surface area (Å²) in [7, 11) is 0. The lowest BCUT2D eigenvalue weighted by Crippen LogP contribution is -2.27. The third-order valence-electron chi connectivity index (χ3n) is 3.47. The molecule has 2 rings (SSSR count). The summed E-state index contributed by atoms with van der Waals surface area (Å²) in [5.41, 5.74) is 0.902. The molecule has 1 aromatic rings. The summed E-state index contributed by atoms with van der Waals surface area (Å²) in [6.45, 7) is 2.26. The summed E-state index contributed by atoms with van der Waals surface area (Å²) in [5, 5.41) is 29.5. The summed E-state index contributed by atoms with van der Waals surface area (Å²) in [5.74, 6) is 0.667. The molecule has 1 saturated carbocycles. The molecule has 0 amide bonds. The van der Waals surface area contributed by atoms with E-state index in [1.165, 1.54) is 0 Å². The molecule has 1 aromatic heterocycles. The Morgan fingerprint density at radius 2 is 2.11 bits per heavy atom. The second-order valence-electron chi connectivity index (χ2n) is 5.00. The third-order valence-corrected chi connectivity index (χ3v) is 3.47. The average molecular weight is 254 g/mol. The van der Waals surface area contributed by atoms with Crippen LogP contribution in [-0.4, -0.2) is 44.5 Å². The Labute approximate surface area is 107 Å². The molecule has 0 aromatic carbocycles. The fourth-order valence-electron chi connectivity index (χ4n) is 2.38. The minimum atomic E-state index is -0.0837. The van der Waals surface area contributed by atoms with E-state index in [4.69, 9.17) is 5.11 Å². The molecule has 1 fully saturated rings. The van der Waals surface area contributed by atoms with Crippen LogP contribution in [-0.2, 0) is 13.1 Å². The topological polar surface area (TPSA) is 83.2 Å². The van der Waals surface area contributed by atoms with Gasteiger partial charge in [-0.2, -0.15) is 0 Å². The number of hydrogen-bond acceptors (Lipinski definition) is 5. The van der Waals surface area contributed by atoms with Gasteiger partial charge < -0.3 is 15.5 Å². The third kappa shape index (κ3) is 4.04. The predicted molar refractivity (Wildman–Crippen MR) is 66.8 cm³/mol. The van der Waals surface area contributed by atoms with Gasteiger partial charge in [0.25, 0.3) is 0 Å². The number of aromatic nitrogens is 3. The van der Waals surface area contributed by atoms with E-state index in [1.807, 2.05) is 6.20 Å². The zero-order chi connectivity index (χ0) is 12.8. The summed E-state index contributed by atoms with van der Waals surface area (Å²) >= 11 is 0. The maximum absolute atomic E-state index is 9.42. The Balaban J connectivity index is 1.65. The Kier molecular flexibility index (Phi) is 5.10. The van der Waals surface area contributed by atoms with Gasteiger partial charge in [0.05, 0.1) is 24.9 Å². The van der Waals surface area contributed by atoms with E-state index < -0.39 is 0 Å². The van der Waals surface area contributed by atoms with E-state index in [0.29, 0.717) is 19.0 Å². The van der Waals surface area contributed by atoms with E-state index in [1.54, 1.807) is 4.68 Å². The van der Waals surface area contributed by atoms with Crippen LogP contribution < -0.4 is 5.32 Å². The number of nitrogens with zero attached hydrogens (tertiary/aromatic N) is 3. The summed E-state index contributed by atoms with van der Waals surface area (Å²) < 4.78 is 1.65. The van der Waals surface area contributed by atoms with Crippen LogP contribution in [0.15, 0.2) is 6.20 Å². The molecule has 3 N–H and O–H groups in total. The van der Waals surface area contributed by atoms with Crippen LogP contribution in [0.4, 0.5) is 0 Å². The number of rotatable bonds is 6. The molecule has 18 heavy (non-hydrogen) atoms. The highest BCUT2D eigenvalue weighted by atomic mass is 16.3. The van der Waals surface area contributed by atoms with Gasteiger partial charge in [0.1, 0.15) is 0 Å². The Hall–Kier alpha value is -0.980. The van der Waals surface area contributed by atoms with Gasteiger partial charge in [-0.05, 0) is 38.1 Å². The maximum atomic E-state index is 9.42. The SMILES string of the molecule is OCCn1cc(CNCC2CCC(O)CC2)nn1. The predicted octanol–water partition coefficient (Wildman–Crippen LogP) is -0.0889. The summed E-state index contributed by atoms with van der Waals surface area (Å²) in [6, 6.07) is 0. The average Bonchev–Trinajstić information content (AvgIpc) is 2.80. The van der Waals surface area contributed by atoms with Crippen molar-refractivity contribution in [2.24, 2.45) is 5.92 Å². The molecule has 1 heterocycles. The van der Waals surface area contributed by atoms with Crippen molar-refractivity contribution in [2.45, 2.75) is 44.9 Å². The lowest BCUT2D eigenvalue weighted by Gasteiger charge is -2.25. The van der Waals surface area contributed by atoms with Gasteiger partial charge in [0.2, 0.25) is 0 Å². The van der Waals surface area contributed by atoms with Crippen LogP contribution in [0, 0.1) is 5.92 Å². The number of aliphatic hydroxyl groups is 2. The molecule has 0 unspecified atom stereocenters. The minimum absolute atomic E-state index is 0.0837. The van der Waals surface area contributed by atoms with Gasteiger partial charge in [-0.1, -0.05) is 5.21 Å². The molecule has 6 heteroatoms. The monoisotopic (exact) mass is 254 g/mol. The molecule has 1 aliphatic carbocycles. The molecule has 0 bridgehead atoms. The van der Waals surface area contributed by atoms with Gasteiger partial charge in [0.15, 0.2) is 0 Å². The fourth-order valence-corrected chi connectivity index (χ4v) is 2.38. The maximum Gasteiger partial charge on any atom is 0.0964 e. The Morgan fingerprint density at radius 1 is 1.33 bits per heavy atom. The van der Waals surface area contributed by atoms with Crippen LogP contribution >= 0.6 is 0 Å². The van der Waals surface area contributed by atoms with Gasteiger partial charge in [-0.25, -0.2) is 4.68 Å². The van der Waals surface area contributed by atoms with Crippen molar-refractivity contribution in [1.29, 1.82) is 0 Å². The summed E-state index contributed by atoms with van der Waals surface area (Å²) in [4.78, 5) is 0. The van der Waals surface area contributed by atoms with E-state index >= 15 is 0 Å². The van der Waals surface area contributed by atoms with Crippen molar-refractivity contribution in [3.05, 3.63) is 11.9 Å². The van der Waals surface area contributed by atoms with E-state index in [9.17, 15) is 5.11 Å². The van der Waals surface area contributed by atoms with E-state index in [-0.39, 0.29) is 12.7 Å². The van der Waals surface area contributed by atoms with E-state index in [0.717, 1.165) is 37.9 Å². The first-order chi connectivity index (χ1) is 8.78. The van der Waals surface area contributed by atoms with Gasteiger partial charge in [-0.3, -0.25) is 0 Å². The normalized spacial score (nSPS) is 24.3. The van der Waals surface area contributed by atoms with Crippen molar-refractivity contribution in [1.82, 2.24) is 20.3 Å². The van der Waals surface area contributed by atoms with Crippen LogP contribution in [0.2, 0.25) is 0 Å². The quantitative estimate of drug-likeness (QED) is 0.661. The fraction of sp³-hybridized carbons (Fsp3) is 0.833. The second kappa shape index (κ2) is 6.82. The van der Waals surface area contributed by atoms with Gasteiger partial charge in [-0.15, -0.1) is 5.10 Å². The van der Waals surface area contributed by atoms with Crippen molar-refractivity contribution in [2.75, 3.05) is 13.2 Å². The molecule has 102 valence electrons. The Morgan fingerprint density at radius 3 is 2.83 bits per heavy atom. The first-order valence-corrected chi connectivity index (χ1v) is 6.66. The molecule has 0 atom stereocenters. The molecular formula is C12H22N4O2. The highest BCUT2D eigenvalue weighted by molar-refractivity contribution is 4.91. The van der Waals surface area contributed by atoms with Crippen molar-refractivity contribution < 1.29 is 10.2 Å². The number of nitrogens with one attached hydrogen (secondary N) is 1. The van der Waals surface area contributed by atoms with Crippen LogP contribution in [0.1, 0.15) is 31.4 Å². The molecule has 0 radical (unpaired) electrons. The standard InChI is InChI=1S/C12H22N4O2/c17-6-5-16-9-11(14-15-16)8-13-7-10-1-3-12(18)4-2-10/h9-10,12-13,17-18H,1-8H2. The molecule has 0 aliphatic heterocycles. The first-order valence-electron chi connectivity index (χ1n) is 6.66.